The van der Waals surface area contributed by atoms with Crippen molar-refractivity contribution in [1.29, 1.82) is 0 Å². The van der Waals surface area contributed by atoms with Crippen molar-refractivity contribution >= 4 is 16.7 Å². The molecule has 2 aromatic rings. The minimum Gasteiger partial charge on any atom is -0.356 e. The zero-order valence-electron chi connectivity index (χ0n) is 10.7. The molecule has 1 saturated heterocycles. The molecule has 2 heterocycles. The van der Waals surface area contributed by atoms with Gasteiger partial charge in [0.25, 0.3) is 0 Å². The normalized spacial score (nSPS) is 21.4. The van der Waals surface area contributed by atoms with Gasteiger partial charge < -0.3 is 10.6 Å². The zero-order chi connectivity index (χ0) is 12.5. The molecule has 3 nitrogen and oxygen atoms in total. The highest BCUT2D eigenvalue weighted by atomic mass is 15.2. The number of nitrogens with zero attached hydrogens (tertiary/aromatic N) is 2. The second-order valence-corrected chi connectivity index (χ2v) is 5.22. The highest BCUT2D eigenvalue weighted by Crippen LogP contribution is 2.25. The molecule has 0 radical (unpaired) electrons. The molecule has 94 valence electrons. The minimum absolute atomic E-state index is 0.274. The molecule has 2 unspecified atom stereocenters. The summed E-state index contributed by atoms with van der Waals surface area (Å²) in [6.07, 6.45) is 1.17. The molecule has 3 rings (SSSR count). The van der Waals surface area contributed by atoms with Gasteiger partial charge in [0.05, 0.1) is 5.52 Å². The number of nitrogens with two attached hydrogens (primary N) is 1. The number of hydrogen-bond donors (Lipinski definition) is 1. The SMILES string of the molecule is CC(N)C1CCN(c2ccc3ccccc3n2)C1. The van der Waals surface area contributed by atoms with Gasteiger partial charge in [-0.1, -0.05) is 18.2 Å². The Morgan fingerprint density at radius 1 is 1.28 bits per heavy atom. The standard InChI is InChI=1S/C15H19N3/c1-11(16)13-8-9-18(10-13)15-7-6-12-4-2-3-5-14(12)17-15/h2-7,11,13H,8-10,16H2,1H3. The molecule has 1 aromatic carbocycles. The first kappa shape index (κ1) is 11.5. The Hall–Kier alpha value is -1.61. The molecule has 0 bridgehead atoms. The maximum Gasteiger partial charge on any atom is 0.129 e. The number of hydrogen-bond acceptors (Lipinski definition) is 3. The van der Waals surface area contributed by atoms with E-state index in [1.807, 2.05) is 12.1 Å². The number of fused-ring (bicyclic) bond motifs is 1. The number of rotatable bonds is 2. The van der Waals surface area contributed by atoms with E-state index in [4.69, 9.17) is 10.7 Å². The minimum atomic E-state index is 0.274. The van der Waals surface area contributed by atoms with Gasteiger partial charge in [-0.3, -0.25) is 0 Å². The van der Waals surface area contributed by atoms with Crippen LogP contribution in [0.25, 0.3) is 10.9 Å². The van der Waals surface area contributed by atoms with Crippen LogP contribution in [0.3, 0.4) is 0 Å². The molecular formula is C15H19N3. The lowest BCUT2D eigenvalue weighted by Gasteiger charge is -2.19. The van der Waals surface area contributed by atoms with Crippen molar-refractivity contribution in [2.45, 2.75) is 19.4 Å². The second kappa shape index (κ2) is 4.58. The highest BCUT2D eigenvalue weighted by molar-refractivity contribution is 5.80. The molecule has 0 spiro atoms. The molecule has 3 heteroatoms. The molecule has 1 fully saturated rings. The first-order chi connectivity index (χ1) is 8.74. The van der Waals surface area contributed by atoms with E-state index in [2.05, 4.69) is 36.1 Å². The van der Waals surface area contributed by atoms with Crippen LogP contribution in [0, 0.1) is 5.92 Å². The van der Waals surface area contributed by atoms with E-state index in [0.29, 0.717) is 5.92 Å². The number of para-hydroxylation sites is 1. The predicted molar refractivity (Wildman–Crippen MR) is 75.7 cm³/mol. The van der Waals surface area contributed by atoms with Crippen LogP contribution in [0.4, 0.5) is 5.82 Å². The molecule has 2 N–H and O–H groups in total. The van der Waals surface area contributed by atoms with Crippen molar-refractivity contribution in [2.24, 2.45) is 11.7 Å². The van der Waals surface area contributed by atoms with E-state index in [9.17, 15) is 0 Å². The predicted octanol–water partition coefficient (Wildman–Crippen LogP) is 2.41. The zero-order valence-corrected chi connectivity index (χ0v) is 10.7. The Balaban J connectivity index is 1.87. The summed E-state index contributed by atoms with van der Waals surface area (Å²) in [6, 6.07) is 12.8. The second-order valence-electron chi connectivity index (χ2n) is 5.22. The molecule has 18 heavy (non-hydrogen) atoms. The number of aromatic nitrogens is 1. The lowest BCUT2D eigenvalue weighted by molar-refractivity contribution is 0.488. The molecule has 1 aromatic heterocycles. The number of pyridine rings is 1. The van der Waals surface area contributed by atoms with Gasteiger partial charge in [0.2, 0.25) is 0 Å². The average molecular weight is 241 g/mol. The van der Waals surface area contributed by atoms with Crippen LogP contribution < -0.4 is 10.6 Å². The monoisotopic (exact) mass is 241 g/mol. The van der Waals surface area contributed by atoms with Gasteiger partial charge in [0.1, 0.15) is 5.82 Å². The molecule has 2 atom stereocenters. The molecule has 1 aliphatic heterocycles. The van der Waals surface area contributed by atoms with Crippen LogP contribution in [0.5, 0.6) is 0 Å². The number of benzene rings is 1. The Bertz CT molecular complexity index is 550. The van der Waals surface area contributed by atoms with Crippen molar-refractivity contribution in [2.75, 3.05) is 18.0 Å². The van der Waals surface area contributed by atoms with Gasteiger partial charge in [-0.25, -0.2) is 4.98 Å². The van der Waals surface area contributed by atoms with E-state index < -0.39 is 0 Å². The summed E-state index contributed by atoms with van der Waals surface area (Å²) >= 11 is 0. The summed E-state index contributed by atoms with van der Waals surface area (Å²) in [6.45, 7) is 4.20. The van der Waals surface area contributed by atoms with Gasteiger partial charge in [-0.2, -0.15) is 0 Å². The molecule has 0 saturated carbocycles. The van der Waals surface area contributed by atoms with Gasteiger partial charge in [0, 0.05) is 24.5 Å². The summed E-state index contributed by atoms with van der Waals surface area (Å²) in [4.78, 5) is 7.08. The molecule has 1 aliphatic rings. The van der Waals surface area contributed by atoms with Crippen LogP contribution in [-0.2, 0) is 0 Å². The highest BCUT2D eigenvalue weighted by Gasteiger charge is 2.25. The van der Waals surface area contributed by atoms with Gasteiger partial charge in [0.15, 0.2) is 0 Å². The smallest absolute Gasteiger partial charge is 0.129 e. The maximum absolute atomic E-state index is 5.98. The van der Waals surface area contributed by atoms with Gasteiger partial charge >= 0.3 is 0 Å². The van der Waals surface area contributed by atoms with Gasteiger partial charge in [-0.05, 0) is 37.5 Å². The molecule has 0 aliphatic carbocycles. The summed E-state index contributed by atoms with van der Waals surface area (Å²) in [5, 5.41) is 1.20. The van der Waals surface area contributed by atoms with Crippen molar-refractivity contribution in [3.8, 4) is 0 Å². The topological polar surface area (TPSA) is 42.1 Å². The summed E-state index contributed by atoms with van der Waals surface area (Å²) in [5.41, 5.74) is 7.05. The average Bonchev–Trinajstić information content (AvgIpc) is 2.88. The third-order valence-corrected chi connectivity index (χ3v) is 3.88. The largest absolute Gasteiger partial charge is 0.356 e. The molecule has 0 amide bonds. The van der Waals surface area contributed by atoms with Crippen LogP contribution in [-0.4, -0.2) is 24.1 Å². The van der Waals surface area contributed by atoms with Crippen LogP contribution >= 0.6 is 0 Å². The van der Waals surface area contributed by atoms with Crippen molar-refractivity contribution in [3.05, 3.63) is 36.4 Å². The quantitative estimate of drug-likeness (QED) is 0.878. The van der Waals surface area contributed by atoms with Crippen LogP contribution in [0.2, 0.25) is 0 Å². The van der Waals surface area contributed by atoms with E-state index in [0.717, 1.165) is 24.4 Å². The summed E-state index contributed by atoms with van der Waals surface area (Å²) in [7, 11) is 0. The first-order valence-corrected chi connectivity index (χ1v) is 6.60. The van der Waals surface area contributed by atoms with Crippen LogP contribution in [0.15, 0.2) is 36.4 Å². The Morgan fingerprint density at radius 2 is 2.11 bits per heavy atom. The van der Waals surface area contributed by atoms with Crippen molar-refractivity contribution < 1.29 is 0 Å². The van der Waals surface area contributed by atoms with Crippen LogP contribution in [0.1, 0.15) is 13.3 Å². The fourth-order valence-electron chi connectivity index (χ4n) is 2.66. The summed E-state index contributed by atoms with van der Waals surface area (Å²) in [5.74, 6) is 1.68. The first-order valence-electron chi connectivity index (χ1n) is 6.60. The van der Waals surface area contributed by atoms with E-state index >= 15 is 0 Å². The van der Waals surface area contributed by atoms with Crippen molar-refractivity contribution in [1.82, 2.24) is 4.98 Å². The lowest BCUT2D eigenvalue weighted by Crippen LogP contribution is -2.29. The Morgan fingerprint density at radius 3 is 2.89 bits per heavy atom. The number of anilines is 1. The van der Waals surface area contributed by atoms with Crippen molar-refractivity contribution in [3.63, 3.8) is 0 Å². The lowest BCUT2D eigenvalue weighted by atomic mass is 10.0. The third-order valence-electron chi connectivity index (χ3n) is 3.88. The Kier molecular flexibility index (Phi) is 2.92. The third kappa shape index (κ3) is 2.06. The Labute approximate surface area is 108 Å². The fraction of sp³-hybridized carbons (Fsp3) is 0.400. The van der Waals surface area contributed by atoms with E-state index in [-0.39, 0.29) is 6.04 Å². The van der Waals surface area contributed by atoms with E-state index in [1.165, 1.54) is 11.8 Å². The fourth-order valence-corrected chi connectivity index (χ4v) is 2.66. The molecular weight excluding hydrogens is 222 g/mol. The summed E-state index contributed by atoms with van der Waals surface area (Å²) < 4.78 is 0. The van der Waals surface area contributed by atoms with Gasteiger partial charge in [-0.15, -0.1) is 0 Å². The van der Waals surface area contributed by atoms with E-state index in [1.54, 1.807) is 0 Å². The maximum atomic E-state index is 5.98.